The van der Waals surface area contributed by atoms with Gasteiger partial charge in [-0.3, -0.25) is 9.59 Å². The molecule has 0 fully saturated rings. The first-order valence-electron chi connectivity index (χ1n) is 9.75. The monoisotopic (exact) mass is 390 g/mol. The Bertz CT molecular complexity index is 1020. The van der Waals surface area contributed by atoms with Gasteiger partial charge in [0.05, 0.1) is 11.0 Å². The summed E-state index contributed by atoms with van der Waals surface area (Å²) in [5.41, 5.74) is 3.51. The molecule has 0 atom stereocenters. The highest BCUT2D eigenvalue weighted by Gasteiger charge is 2.13. The summed E-state index contributed by atoms with van der Waals surface area (Å²) in [5.74, 6) is 0.679. The zero-order chi connectivity index (χ0) is 20.6. The molecule has 0 unspecified atom stereocenters. The van der Waals surface area contributed by atoms with E-state index in [-0.39, 0.29) is 18.4 Å². The molecule has 0 aliphatic heterocycles. The Kier molecular flexibility index (Phi) is 6.79. The van der Waals surface area contributed by atoms with Gasteiger partial charge in [0.2, 0.25) is 5.91 Å². The third-order valence-corrected chi connectivity index (χ3v) is 4.62. The Labute approximate surface area is 170 Å². The van der Waals surface area contributed by atoms with Gasteiger partial charge in [-0.1, -0.05) is 35.9 Å². The van der Waals surface area contributed by atoms with Crippen molar-refractivity contribution in [1.29, 1.82) is 0 Å². The molecule has 0 aliphatic carbocycles. The number of fused-ring (bicyclic) bond motifs is 1. The summed E-state index contributed by atoms with van der Waals surface area (Å²) < 4.78 is 1.94. The number of benzene rings is 2. The molecule has 6 heteroatoms. The third kappa shape index (κ3) is 5.31. The van der Waals surface area contributed by atoms with Crippen LogP contribution in [0.3, 0.4) is 0 Å². The molecule has 3 aromatic rings. The van der Waals surface area contributed by atoms with E-state index in [1.165, 1.54) is 0 Å². The average Bonchev–Trinajstić information content (AvgIpc) is 3.07. The molecular formula is C23H26N4O2. The highest BCUT2D eigenvalue weighted by Crippen LogP contribution is 2.17. The number of nitrogens with zero attached hydrogens (tertiary/aromatic N) is 2. The van der Waals surface area contributed by atoms with Gasteiger partial charge in [-0.2, -0.15) is 0 Å². The van der Waals surface area contributed by atoms with Crippen molar-refractivity contribution in [3.05, 3.63) is 78.1 Å². The molecule has 0 spiro atoms. The van der Waals surface area contributed by atoms with Crippen LogP contribution < -0.4 is 10.6 Å². The first-order chi connectivity index (χ1) is 14.1. The molecule has 2 amide bonds. The van der Waals surface area contributed by atoms with Gasteiger partial charge in [-0.05, 0) is 37.6 Å². The second-order valence-electron chi connectivity index (χ2n) is 6.92. The maximum Gasteiger partial charge on any atom is 0.251 e. The lowest BCUT2D eigenvalue weighted by Crippen LogP contribution is -2.28. The topological polar surface area (TPSA) is 76.0 Å². The van der Waals surface area contributed by atoms with Crippen molar-refractivity contribution in [2.45, 2.75) is 26.3 Å². The Morgan fingerprint density at radius 1 is 1.14 bits per heavy atom. The molecule has 6 nitrogen and oxygen atoms in total. The van der Waals surface area contributed by atoms with Gasteiger partial charge in [0.25, 0.3) is 5.91 Å². The summed E-state index contributed by atoms with van der Waals surface area (Å²) in [4.78, 5) is 29.2. The van der Waals surface area contributed by atoms with E-state index in [1.807, 2.05) is 60.0 Å². The van der Waals surface area contributed by atoms with Crippen LogP contribution in [0.5, 0.6) is 0 Å². The largest absolute Gasteiger partial charge is 0.352 e. The fraction of sp³-hybridized carbons (Fsp3) is 0.261. The lowest BCUT2D eigenvalue weighted by molar-refractivity contribution is -0.121. The quantitative estimate of drug-likeness (QED) is 0.436. The van der Waals surface area contributed by atoms with Crippen LogP contribution in [0, 0.1) is 6.92 Å². The van der Waals surface area contributed by atoms with Gasteiger partial charge >= 0.3 is 0 Å². The van der Waals surface area contributed by atoms with E-state index in [2.05, 4.69) is 22.2 Å². The van der Waals surface area contributed by atoms with Crippen LogP contribution in [0.2, 0.25) is 0 Å². The Morgan fingerprint density at radius 3 is 2.76 bits per heavy atom. The molecular weight excluding hydrogens is 364 g/mol. The molecule has 0 aliphatic rings. The fourth-order valence-electron chi connectivity index (χ4n) is 3.21. The van der Waals surface area contributed by atoms with E-state index < -0.39 is 0 Å². The smallest absolute Gasteiger partial charge is 0.251 e. The zero-order valence-corrected chi connectivity index (χ0v) is 16.6. The van der Waals surface area contributed by atoms with E-state index in [0.29, 0.717) is 25.1 Å². The number of imidazole rings is 1. The third-order valence-electron chi connectivity index (χ3n) is 4.62. The van der Waals surface area contributed by atoms with Crippen molar-refractivity contribution in [2.75, 3.05) is 13.1 Å². The summed E-state index contributed by atoms with van der Waals surface area (Å²) >= 11 is 0. The molecule has 150 valence electrons. The number of carbonyl (C=O) groups excluding carboxylic acids is 2. The predicted octanol–water partition coefficient (Wildman–Crippen LogP) is 3.01. The summed E-state index contributed by atoms with van der Waals surface area (Å²) in [6.07, 6.45) is 3.05. The number of hydrogen-bond acceptors (Lipinski definition) is 3. The number of amides is 2. The van der Waals surface area contributed by atoms with E-state index in [1.54, 1.807) is 6.08 Å². The maximum atomic E-state index is 12.3. The number of aromatic nitrogens is 2. The zero-order valence-electron chi connectivity index (χ0n) is 16.6. The second kappa shape index (κ2) is 9.68. The van der Waals surface area contributed by atoms with Crippen molar-refractivity contribution in [3.63, 3.8) is 0 Å². The molecule has 2 aromatic carbocycles. The van der Waals surface area contributed by atoms with E-state index in [0.717, 1.165) is 28.8 Å². The highest BCUT2D eigenvalue weighted by molar-refractivity contribution is 5.94. The molecule has 1 heterocycles. The number of para-hydroxylation sites is 2. The van der Waals surface area contributed by atoms with Crippen molar-refractivity contribution in [2.24, 2.45) is 0 Å². The van der Waals surface area contributed by atoms with E-state index in [9.17, 15) is 9.59 Å². The van der Waals surface area contributed by atoms with Gasteiger partial charge in [0, 0.05) is 25.1 Å². The van der Waals surface area contributed by atoms with Crippen LogP contribution in [0.25, 0.3) is 11.0 Å². The molecule has 1 aromatic heterocycles. The number of hydrogen-bond donors (Lipinski definition) is 2. The van der Waals surface area contributed by atoms with Crippen LogP contribution in [-0.2, 0) is 17.8 Å². The minimum Gasteiger partial charge on any atom is -0.352 e. The van der Waals surface area contributed by atoms with Crippen molar-refractivity contribution in [3.8, 4) is 0 Å². The van der Waals surface area contributed by atoms with Gasteiger partial charge in [0.1, 0.15) is 12.4 Å². The summed E-state index contributed by atoms with van der Waals surface area (Å²) in [6, 6.07) is 15.3. The highest BCUT2D eigenvalue weighted by atomic mass is 16.2. The molecule has 0 saturated heterocycles. The van der Waals surface area contributed by atoms with Crippen LogP contribution in [0.4, 0.5) is 0 Å². The van der Waals surface area contributed by atoms with Gasteiger partial charge in [-0.25, -0.2) is 4.98 Å². The van der Waals surface area contributed by atoms with E-state index >= 15 is 0 Å². The first kappa shape index (κ1) is 20.3. The maximum absolute atomic E-state index is 12.3. The first-order valence-corrected chi connectivity index (χ1v) is 9.75. The standard InChI is InChI=1S/C23H26N4O2/c1-3-13-24-22(28)16-27-20-11-5-4-10-19(20)26-21(27)12-7-14-25-23(29)18-9-6-8-17(2)15-18/h3-6,8-11,15H,1,7,12-14,16H2,2H3,(H,24,28)(H,25,29). The number of aryl methyl sites for hydroxylation is 2. The Balaban J connectivity index is 1.63. The van der Waals surface area contributed by atoms with Crippen LogP contribution >= 0.6 is 0 Å². The van der Waals surface area contributed by atoms with Crippen molar-refractivity contribution in [1.82, 2.24) is 20.2 Å². The van der Waals surface area contributed by atoms with Gasteiger partial charge < -0.3 is 15.2 Å². The van der Waals surface area contributed by atoms with Gasteiger partial charge in [0.15, 0.2) is 0 Å². The predicted molar refractivity (Wildman–Crippen MR) is 115 cm³/mol. The number of nitrogens with one attached hydrogen (secondary N) is 2. The van der Waals surface area contributed by atoms with Crippen LogP contribution in [0.15, 0.2) is 61.2 Å². The van der Waals surface area contributed by atoms with Gasteiger partial charge in [-0.15, -0.1) is 6.58 Å². The van der Waals surface area contributed by atoms with Crippen molar-refractivity contribution < 1.29 is 9.59 Å². The molecule has 3 rings (SSSR count). The minimum atomic E-state index is -0.0814. The average molecular weight is 390 g/mol. The summed E-state index contributed by atoms with van der Waals surface area (Å²) in [6.45, 7) is 6.77. The fourth-order valence-corrected chi connectivity index (χ4v) is 3.21. The number of carbonyl (C=O) groups is 2. The number of rotatable bonds is 9. The lowest BCUT2D eigenvalue weighted by atomic mass is 10.1. The lowest BCUT2D eigenvalue weighted by Gasteiger charge is -2.10. The molecule has 0 saturated carbocycles. The Morgan fingerprint density at radius 2 is 1.97 bits per heavy atom. The van der Waals surface area contributed by atoms with E-state index in [4.69, 9.17) is 0 Å². The molecule has 0 bridgehead atoms. The van der Waals surface area contributed by atoms with Crippen LogP contribution in [0.1, 0.15) is 28.2 Å². The second-order valence-corrected chi connectivity index (χ2v) is 6.92. The van der Waals surface area contributed by atoms with Crippen LogP contribution in [-0.4, -0.2) is 34.5 Å². The molecule has 29 heavy (non-hydrogen) atoms. The minimum absolute atomic E-state index is 0.0778. The summed E-state index contributed by atoms with van der Waals surface area (Å²) in [5, 5.41) is 5.76. The summed E-state index contributed by atoms with van der Waals surface area (Å²) in [7, 11) is 0. The molecule has 0 radical (unpaired) electrons. The van der Waals surface area contributed by atoms with Crippen molar-refractivity contribution >= 4 is 22.8 Å². The Hall–Kier alpha value is -3.41. The normalized spacial score (nSPS) is 10.7. The molecule has 2 N–H and O–H groups in total. The SMILES string of the molecule is C=CCNC(=O)Cn1c(CCCNC(=O)c2cccc(C)c2)nc2ccccc21.